The molecule has 0 unspecified atom stereocenters. The van der Waals surface area contributed by atoms with Crippen LogP contribution in [0.15, 0.2) is 30.6 Å². The largest absolute Gasteiger partial charge is 0.508 e. The van der Waals surface area contributed by atoms with Crippen molar-refractivity contribution in [3.05, 3.63) is 47.5 Å². The normalized spacial score (nSPS) is 21.5. The molecule has 1 atom stereocenters. The van der Waals surface area contributed by atoms with E-state index >= 15 is 0 Å². The molecule has 7 heteroatoms. The van der Waals surface area contributed by atoms with Crippen LogP contribution in [-0.2, 0) is 7.05 Å². The minimum Gasteiger partial charge on any atom is -0.508 e. The molecule has 1 aromatic carbocycles. The summed E-state index contributed by atoms with van der Waals surface area (Å²) < 4.78 is 15.4. The third-order valence-corrected chi connectivity index (χ3v) is 4.19. The van der Waals surface area contributed by atoms with Gasteiger partial charge in [-0.15, -0.1) is 0 Å². The highest BCUT2D eigenvalue weighted by molar-refractivity contribution is 5.95. The number of nitrogens with zero attached hydrogens (tertiary/aromatic N) is 2. The van der Waals surface area contributed by atoms with E-state index in [9.17, 15) is 19.4 Å². The van der Waals surface area contributed by atoms with Crippen LogP contribution in [-0.4, -0.2) is 32.0 Å². The lowest BCUT2D eigenvalue weighted by Crippen LogP contribution is -2.41. The maximum absolute atomic E-state index is 13.8. The molecular formula is C16H18FN3O3. The molecule has 1 aliphatic carbocycles. The lowest BCUT2D eigenvalue weighted by Gasteiger charge is -2.37. The number of phenols is 1. The number of aromatic hydroxyl groups is 1. The number of amides is 1. The van der Waals surface area contributed by atoms with E-state index in [0.29, 0.717) is 12.8 Å². The number of carbonyl (C=O) groups excluding carboxylic acids is 1. The van der Waals surface area contributed by atoms with Gasteiger partial charge in [-0.05, 0) is 37.0 Å². The molecule has 6 nitrogen and oxygen atoms in total. The third kappa shape index (κ3) is 3.19. The average molecular weight is 319 g/mol. The van der Waals surface area contributed by atoms with Crippen molar-refractivity contribution in [2.45, 2.75) is 25.0 Å². The van der Waals surface area contributed by atoms with E-state index in [2.05, 4.69) is 10.4 Å². The van der Waals surface area contributed by atoms with Gasteiger partial charge in [0.2, 0.25) is 0 Å². The van der Waals surface area contributed by atoms with Crippen molar-refractivity contribution in [2.24, 2.45) is 13.0 Å². The molecule has 3 N–H and O–H groups in total. The fourth-order valence-electron chi connectivity index (χ4n) is 2.88. The zero-order valence-corrected chi connectivity index (χ0v) is 12.6. The van der Waals surface area contributed by atoms with Gasteiger partial charge in [-0.3, -0.25) is 9.48 Å². The Bertz CT molecular complexity index is 725. The lowest BCUT2D eigenvalue weighted by atomic mass is 9.75. The number of benzene rings is 1. The number of hydrogen-bond acceptors (Lipinski definition) is 4. The monoisotopic (exact) mass is 319 g/mol. The second-order valence-corrected chi connectivity index (χ2v) is 5.95. The summed E-state index contributed by atoms with van der Waals surface area (Å²) in [4.78, 5) is 12.4. The van der Waals surface area contributed by atoms with E-state index < -0.39 is 11.7 Å². The van der Waals surface area contributed by atoms with E-state index in [4.69, 9.17) is 0 Å². The SMILES string of the molecule is Cn1cc([C@@H](NC(=O)c2cc(O)ccc2F)C2CC(O)C2)cn1. The first-order chi connectivity index (χ1) is 10.9. The molecule has 0 radical (unpaired) electrons. The predicted molar refractivity (Wildman–Crippen MR) is 80.2 cm³/mol. The first-order valence-corrected chi connectivity index (χ1v) is 7.40. The Kier molecular flexibility index (Phi) is 4.04. The van der Waals surface area contributed by atoms with Gasteiger partial charge in [0.1, 0.15) is 11.6 Å². The van der Waals surface area contributed by atoms with E-state index in [1.165, 1.54) is 6.07 Å². The molecule has 1 fully saturated rings. The molecule has 122 valence electrons. The van der Waals surface area contributed by atoms with Gasteiger partial charge in [0.15, 0.2) is 0 Å². The van der Waals surface area contributed by atoms with Crippen LogP contribution < -0.4 is 5.32 Å². The second kappa shape index (κ2) is 6.00. The summed E-state index contributed by atoms with van der Waals surface area (Å²) in [6.45, 7) is 0. The van der Waals surface area contributed by atoms with Gasteiger partial charge in [0.25, 0.3) is 5.91 Å². The number of aliphatic hydroxyl groups excluding tert-OH is 1. The standard InChI is InChI=1S/C16H18FN3O3/c1-20-8-10(7-18-20)15(9-4-12(22)5-9)19-16(23)13-6-11(21)2-3-14(13)17/h2-3,6-9,12,15,21-22H,4-5H2,1H3,(H,19,23)/t9?,12?,15-/m0/s1. The van der Waals surface area contributed by atoms with E-state index in [-0.39, 0.29) is 29.4 Å². The average Bonchev–Trinajstić information content (AvgIpc) is 2.90. The van der Waals surface area contributed by atoms with Crippen LogP contribution in [0.5, 0.6) is 5.75 Å². The van der Waals surface area contributed by atoms with Crippen LogP contribution >= 0.6 is 0 Å². The van der Waals surface area contributed by atoms with Crippen molar-refractivity contribution < 1.29 is 19.4 Å². The Hall–Kier alpha value is -2.41. The van der Waals surface area contributed by atoms with E-state index in [1.807, 2.05) is 0 Å². The summed E-state index contributed by atoms with van der Waals surface area (Å²) in [7, 11) is 1.77. The van der Waals surface area contributed by atoms with E-state index in [0.717, 1.165) is 17.7 Å². The van der Waals surface area contributed by atoms with Crippen LogP contribution in [0.3, 0.4) is 0 Å². The van der Waals surface area contributed by atoms with Crippen LogP contribution in [0.25, 0.3) is 0 Å². The number of rotatable bonds is 4. The molecule has 3 rings (SSSR count). The lowest BCUT2D eigenvalue weighted by molar-refractivity contribution is 0.0234. The minimum absolute atomic E-state index is 0.0681. The first kappa shape index (κ1) is 15.5. The van der Waals surface area contributed by atoms with Crippen molar-refractivity contribution in [3.8, 4) is 5.75 Å². The van der Waals surface area contributed by atoms with Crippen LogP contribution in [0, 0.1) is 11.7 Å². The number of nitrogens with one attached hydrogen (secondary N) is 1. The number of aliphatic hydroxyl groups is 1. The van der Waals surface area contributed by atoms with Crippen LogP contribution in [0.4, 0.5) is 4.39 Å². The molecule has 1 aromatic heterocycles. The highest BCUT2D eigenvalue weighted by Crippen LogP contribution is 2.38. The number of aryl methyl sites for hydroxylation is 1. The first-order valence-electron chi connectivity index (χ1n) is 7.40. The Morgan fingerprint density at radius 2 is 2.22 bits per heavy atom. The second-order valence-electron chi connectivity index (χ2n) is 5.95. The van der Waals surface area contributed by atoms with Crippen molar-refractivity contribution in [1.29, 1.82) is 0 Å². The van der Waals surface area contributed by atoms with Gasteiger partial charge < -0.3 is 15.5 Å². The van der Waals surface area contributed by atoms with Crippen molar-refractivity contribution in [3.63, 3.8) is 0 Å². The number of carbonyl (C=O) groups is 1. The summed E-state index contributed by atoms with van der Waals surface area (Å²) >= 11 is 0. The summed E-state index contributed by atoms with van der Waals surface area (Å²) in [6, 6.07) is 2.98. The zero-order valence-electron chi connectivity index (χ0n) is 12.6. The number of phenolic OH excluding ortho intramolecular Hbond substituents is 1. The smallest absolute Gasteiger partial charge is 0.254 e. The van der Waals surface area contributed by atoms with Gasteiger partial charge in [-0.2, -0.15) is 5.10 Å². The van der Waals surface area contributed by atoms with Crippen molar-refractivity contribution in [1.82, 2.24) is 15.1 Å². The number of aromatic nitrogens is 2. The van der Waals surface area contributed by atoms with Gasteiger partial charge >= 0.3 is 0 Å². The van der Waals surface area contributed by atoms with Gasteiger partial charge in [0, 0.05) is 18.8 Å². The molecule has 1 aliphatic rings. The van der Waals surface area contributed by atoms with E-state index in [1.54, 1.807) is 24.1 Å². The molecular weight excluding hydrogens is 301 g/mol. The molecule has 23 heavy (non-hydrogen) atoms. The zero-order chi connectivity index (χ0) is 16.6. The maximum Gasteiger partial charge on any atom is 0.254 e. The van der Waals surface area contributed by atoms with Crippen LogP contribution in [0.2, 0.25) is 0 Å². The Morgan fingerprint density at radius 3 is 2.83 bits per heavy atom. The predicted octanol–water partition coefficient (Wildman–Crippen LogP) is 1.51. The van der Waals surface area contributed by atoms with Crippen LogP contribution in [0.1, 0.15) is 34.8 Å². The Morgan fingerprint density at radius 1 is 1.48 bits per heavy atom. The molecule has 2 aromatic rings. The van der Waals surface area contributed by atoms with Gasteiger partial charge in [0.05, 0.1) is 23.9 Å². The molecule has 1 saturated carbocycles. The number of hydrogen-bond donors (Lipinski definition) is 3. The fourth-order valence-corrected chi connectivity index (χ4v) is 2.88. The topological polar surface area (TPSA) is 87.4 Å². The summed E-state index contributed by atoms with van der Waals surface area (Å²) in [5.74, 6) is -1.40. The molecule has 0 bridgehead atoms. The Labute approximate surface area is 132 Å². The molecule has 0 spiro atoms. The molecule has 1 amide bonds. The minimum atomic E-state index is -0.695. The number of halogens is 1. The summed E-state index contributed by atoms with van der Waals surface area (Å²) in [5, 5.41) is 25.9. The van der Waals surface area contributed by atoms with Crippen molar-refractivity contribution >= 4 is 5.91 Å². The fraction of sp³-hybridized carbons (Fsp3) is 0.375. The third-order valence-electron chi connectivity index (χ3n) is 4.19. The molecule has 1 heterocycles. The Balaban J connectivity index is 1.83. The quantitative estimate of drug-likeness (QED) is 0.797. The van der Waals surface area contributed by atoms with Crippen molar-refractivity contribution in [2.75, 3.05) is 0 Å². The summed E-state index contributed by atoms with van der Waals surface area (Å²) in [6.07, 6.45) is 4.21. The molecule has 0 aliphatic heterocycles. The molecule has 0 saturated heterocycles. The van der Waals surface area contributed by atoms with Gasteiger partial charge in [-0.25, -0.2) is 4.39 Å². The van der Waals surface area contributed by atoms with Gasteiger partial charge in [-0.1, -0.05) is 0 Å². The highest BCUT2D eigenvalue weighted by Gasteiger charge is 2.36. The maximum atomic E-state index is 13.8. The summed E-state index contributed by atoms with van der Waals surface area (Å²) in [5.41, 5.74) is 0.595. The highest BCUT2D eigenvalue weighted by atomic mass is 19.1.